The first kappa shape index (κ1) is 20.9. The molecule has 1 saturated heterocycles. The summed E-state index contributed by atoms with van der Waals surface area (Å²) >= 11 is 1.55. The lowest BCUT2D eigenvalue weighted by Crippen LogP contribution is -2.54. The Bertz CT molecular complexity index is 613. The number of allylic oxidation sites excluding steroid dienone is 2. The molecule has 1 saturated carbocycles. The zero-order valence-electron chi connectivity index (χ0n) is 15.8. The summed E-state index contributed by atoms with van der Waals surface area (Å²) < 4.78 is 5.36. The maximum atomic E-state index is 12.8. The molecule has 5 nitrogen and oxygen atoms in total. The lowest BCUT2D eigenvalue weighted by molar-refractivity contribution is -0.138. The van der Waals surface area contributed by atoms with Crippen LogP contribution in [0.15, 0.2) is 35.8 Å². The molecule has 1 N–H and O–H groups in total. The van der Waals surface area contributed by atoms with Crippen LogP contribution >= 0.6 is 11.8 Å². The van der Waals surface area contributed by atoms with E-state index < -0.39 is 11.5 Å². The second-order valence-electron chi connectivity index (χ2n) is 7.67. The first-order valence-corrected chi connectivity index (χ1v) is 9.93. The summed E-state index contributed by atoms with van der Waals surface area (Å²) in [6.45, 7) is 14.5. The van der Waals surface area contributed by atoms with Crippen molar-refractivity contribution in [2.45, 2.75) is 38.6 Å². The lowest BCUT2D eigenvalue weighted by Gasteiger charge is -2.39. The summed E-state index contributed by atoms with van der Waals surface area (Å²) in [4.78, 5) is 26.6. The third kappa shape index (κ3) is 5.56. The quantitative estimate of drug-likeness (QED) is 0.464. The number of nitrogens with zero attached hydrogens (tertiary/aromatic N) is 1. The van der Waals surface area contributed by atoms with Gasteiger partial charge in [0.25, 0.3) is 0 Å². The van der Waals surface area contributed by atoms with Crippen molar-refractivity contribution in [1.29, 1.82) is 0 Å². The molecule has 2 aliphatic rings. The number of carbonyl (C=O) groups excluding carboxylic acids is 1. The van der Waals surface area contributed by atoms with Crippen molar-refractivity contribution in [1.82, 2.24) is 4.90 Å². The molecule has 0 atom stereocenters. The third-order valence-electron chi connectivity index (χ3n) is 5.17. The van der Waals surface area contributed by atoms with Crippen molar-refractivity contribution in [2.24, 2.45) is 5.41 Å². The molecule has 0 aromatic carbocycles. The second kappa shape index (κ2) is 8.55. The van der Waals surface area contributed by atoms with Crippen molar-refractivity contribution < 1.29 is 19.4 Å². The summed E-state index contributed by atoms with van der Waals surface area (Å²) in [5.41, 5.74) is -0.229. The van der Waals surface area contributed by atoms with Crippen LogP contribution in [0.3, 0.4) is 0 Å². The topological polar surface area (TPSA) is 66.8 Å². The largest absolute Gasteiger partial charge is 0.481 e. The fourth-order valence-electron chi connectivity index (χ4n) is 3.09. The van der Waals surface area contributed by atoms with Crippen molar-refractivity contribution in [3.05, 3.63) is 35.8 Å². The molecular formula is C20H29NO4S. The van der Waals surface area contributed by atoms with Crippen LogP contribution in [0.5, 0.6) is 0 Å². The average Bonchev–Trinajstić information content (AvgIpc) is 3.36. The van der Waals surface area contributed by atoms with Gasteiger partial charge >= 0.3 is 5.97 Å². The standard InChI is InChI=1S/C20H29NO4S/c1-15(18(24)19(3,4)21-9-11-25-12-10-21)5-6-16(2)26-14-20(7-8-20)13-17(22)23/h5-6H,1-2,7-14H2,3-4H3,(H,22,23)/b6-5-. The van der Waals surface area contributed by atoms with E-state index in [0.717, 1.165) is 36.6 Å². The van der Waals surface area contributed by atoms with E-state index in [-0.39, 0.29) is 17.6 Å². The van der Waals surface area contributed by atoms with Gasteiger partial charge in [0.15, 0.2) is 5.78 Å². The number of Topliss-reactive ketones (excluding diaryl/α,β-unsaturated/α-hetero) is 1. The van der Waals surface area contributed by atoms with E-state index in [4.69, 9.17) is 9.84 Å². The Morgan fingerprint density at radius 3 is 2.38 bits per heavy atom. The molecule has 0 bridgehead atoms. The minimum Gasteiger partial charge on any atom is -0.481 e. The van der Waals surface area contributed by atoms with E-state index in [1.807, 2.05) is 13.8 Å². The van der Waals surface area contributed by atoms with Gasteiger partial charge < -0.3 is 9.84 Å². The van der Waals surface area contributed by atoms with Crippen molar-refractivity contribution in [2.75, 3.05) is 32.1 Å². The number of morpholine rings is 1. The highest BCUT2D eigenvalue weighted by Crippen LogP contribution is 2.51. The molecule has 144 valence electrons. The number of hydrogen-bond donors (Lipinski definition) is 1. The Kier molecular flexibility index (Phi) is 6.88. The van der Waals surface area contributed by atoms with Crippen LogP contribution in [0.1, 0.15) is 33.1 Å². The first-order valence-electron chi connectivity index (χ1n) is 8.94. The number of hydrogen-bond acceptors (Lipinski definition) is 5. The van der Waals surface area contributed by atoms with E-state index in [2.05, 4.69) is 18.1 Å². The number of carbonyl (C=O) groups is 2. The highest BCUT2D eigenvalue weighted by molar-refractivity contribution is 8.03. The Labute approximate surface area is 160 Å². The number of ketones is 1. The van der Waals surface area contributed by atoms with Crippen LogP contribution in [-0.2, 0) is 14.3 Å². The molecule has 0 amide bonds. The molecule has 0 radical (unpaired) electrons. The number of ether oxygens (including phenoxy) is 1. The number of carboxylic acid groups (broad SMARTS) is 1. The van der Waals surface area contributed by atoms with Gasteiger partial charge in [0.1, 0.15) is 0 Å². The molecular weight excluding hydrogens is 350 g/mol. The molecule has 2 rings (SSSR count). The molecule has 0 spiro atoms. The van der Waals surface area contributed by atoms with Crippen LogP contribution in [0.4, 0.5) is 0 Å². The second-order valence-corrected chi connectivity index (χ2v) is 8.77. The summed E-state index contributed by atoms with van der Waals surface area (Å²) in [6, 6.07) is 0. The number of carboxylic acids is 1. The number of thioether (sulfide) groups is 1. The molecule has 26 heavy (non-hydrogen) atoms. The van der Waals surface area contributed by atoms with Crippen molar-refractivity contribution in [3.63, 3.8) is 0 Å². The van der Waals surface area contributed by atoms with E-state index in [9.17, 15) is 9.59 Å². The first-order chi connectivity index (χ1) is 12.2. The van der Waals surface area contributed by atoms with Gasteiger partial charge in [-0.1, -0.05) is 19.2 Å². The fraction of sp³-hybridized carbons (Fsp3) is 0.600. The van der Waals surface area contributed by atoms with Crippen LogP contribution in [-0.4, -0.2) is 59.4 Å². The third-order valence-corrected chi connectivity index (χ3v) is 6.43. The van der Waals surface area contributed by atoms with Crippen molar-refractivity contribution >= 4 is 23.5 Å². The monoisotopic (exact) mass is 379 g/mol. The smallest absolute Gasteiger partial charge is 0.303 e. The maximum absolute atomic E-state index is 12.8. The predicted molar refractivity (Wildman–Crippen MR) is 105 cm³/mol. The molecule has 1 aliphatic heterocycles. The van der Waals surface area contributed by atoms with Crippen LogP contribution in [0.25, 0.3) is 0 Å². The minimum atomic E-state index is -0.742. The van der Waals surface area contributed by atoms with Gasteiger partial charge in [0.05, 0.1) is 25.2 Å². The van der Waals surface area contributed by atoms with Crippen LogP contribution in [0.2, 0.25) is 0 Å². The van der Waals surface area contributed by atoms with Gasteiger partial charge in [0, 0.05) is 29.3 Å². The zero-order valence-corrected chi connectivity index (χ0v) is 16.6. The van der Waals surface area contributed by atoms with Gasteiger partial charge in [-0.3, -0.25) is 14.5 Å². The molecule has 2 fully saturated rings. The normalized spacial score (nSPS) is 20.1. The van der Waals surface area contributed by atoms with E-state index in [1.165, 1.54) is 0 Å². The molecule has 0 aromatic rings. The van der Waals surface area contributed by atoms with Crippen LogP contribution in [0, 0.1) is 5.41 Å². The van der Waals surface area contributed by atoms with Crippen molar-refractivity contribution in [3.8, 4) is 0 Å². The fourth-order valence-corrected chi connectivity index (χ4v) is 4.14. The number of aliphatic carboxylic acids is 1. The molecule has 6 heteroatoms. The van der Waals surface area contributed by atoms with E-state index in [0.29, 0.717) is 18.8 Å². The number of rotatable bonds is 10. The SMILES string of the molecule is C=C(/C=C\C(=C)C(=O)C(C)(C)N1CCOCC1)SCC1(CC(=O)O)CC1. The average molecular weight is 380 g/mol. The lowest BCUT2D eigenvalue weighted by atomic mass is 9.91. The Hall–Kier alpha value is -1.37. The molecule has 0 unspecified atom stereocenters. The Morgan fingerprint density at radius 2 is 1.85 bits per heavy atom. The Balaban J connectivity index is 1.84. The van der Waals surface area contributed by atoms with E-state index >= 15 is 0 Å². The van der Waals surface area contributed by atoms with Gasteiger partial charge in [-0.05, 0) is 38.2 Å². The maximum Gasteiger partial charge on any atom is 0.303 e. The minimum absolute atomic E-state index is 0.00186. The van der Waals surface area contributed by atoms with Gasteiger partial charge in [-0.25, -0.2) is 0 Å². The zero-order chi connectivity index (χ0) is 19.4. The molecule has 1 heterocycles. The summed E-state index contributed by atoms with van der Waals surface area (Å²) in [5, 5.41) is 8.97. The predicted octanol–water partition coefficient (Wildman–Crippen LogP) is 3.28. The van der Waals surface area contributed by atoms with Gasteiger partial charge in [-0.2, -0.15) is 0 Å². The summed E-state index contributed by atoms with van der Waals surface area (Å²) in [5.74, 6) is 0.00823. The summed E-state index contributed by atoms with van der Waals surface area (Å²) in [7, 11) is 0. The van der Waals surface area contributed by atoms with Gasteiger partial charge in [-0.15, -0.1) is 11.8 Å². The Morgan fingerprint density at radius 1 is 1.23 bits per heavy atom. The highest BCUT2D eigenvalue weighted by Gasteiger charge is 2.44. The summed E-state index contributed by atoms with van der Waals surface area (Å²) in [6.07, 6.45) is 5.66. The van der Waals surface area contributed by atoms with E-state index in [1.54, 1.807) is 23.9 Å². The van der Waals surface area contributed by atoms with Crippen LogP contribution < -0.4 is 0 Å². The molecule has 1 aliphatic carbocycles. The molecule has 0 aromatic heterocycles. The highest BCUT2D eigenvalue weighted by atomic mass is 32.2. The van der Waals surface area contributed by atoms with Gasteiger partial charge in [0.2, 0.25) is 0 Å².